The Bertz CT molecular complexity index is 5780. The van der Waals surface area contributed by atoms with Crippen LogP contribution in [0.15, 0.2) is 310 Å². The van der Waals surface area contributed by atoms with Gasteiger partial charge in [0.15, 0.2) is 36.8 Å². The van der Waals surface area contributed by atoms with E-state index in [0.717, 1.165) is 64.1 Å². The second-order valence-corrected chi connectivity index (χ2v) is 31.3. The Kier molecular flexibility index (Phi) is 27.3. The van der Waals surface area contributed by atoms with E-state index in [0.29, 0.717) is 5.92 Å². The van der Waals surface area contributed by atoms with Gasteiger partial charge in [0.05, 0.1) is 11.4 Å². The van der Waals surface area contributed by atoms with E-state index < -0.39 is 0 Å². The normalized spacial score (nSPS) is 12.3. The van der Waals surface area contributed by atoms with Crippen molar-refractivity contribution in [3.05, 3.63) is 361 Å². The SMILES string of the molecule is Cc1cc(-c2ccccc2)ccc1-c1cccc[n+]1C.Cc1ccccc1-c1cc(-c2ccc(C(C)C)cn2)cc[n+]1C.Cc1ccccc1-c1cc(-c2ccccn2)cc[n+]1C.Cc1ccccc1-c1cc(-c2nc(C(C)C)nc(C(C)C)n2)cc[n+]1C.[2H]C1(c2ccc(-c3cc[n+](C)c(-c4ccccc4C)c3)cc2)CCCCC1. The van der Waals surface area contributed by atoms with Crippen molar-refractivity contribution < 1.29 is 24.2 Å². The summed E-state index contributed by atoms with van der Waals surface area (Å²) < 4.78 is 19.6. The minimum atomic E-state index is -0.383. The van der Waals surface area contributed by atoms with Gasteiger partial charge < -0.3 is 0 Å². The molecule has 0 unspecified atom stereocenters. The van der Waals surface area contributed by atoms with E-state index in [9.17, 15) is 0 Å². The molecule has 10 heteroatoms. The summed E-state index contributed by atoms with van der Waals surface area (Å²) in [4.78, 5) is 23.2. The molecule has 115 heavy (non-hydrogen) atoms. The third-order valence-corrected chi connectivity index (χ3v) is 21.7. The van der Waals surface area contributed by atoms with E-state index in [-0.39, 0.29) is 17.7 Å². The average Bonchev–Trinajstić information content (AvgIpc) is 0.815. The molecular weight excluding hydrogens is 1400 g/mol. The summed E-state index contributed by atoms with van der Waals surface area (Å²) in [6.45, 7) is 23.6. The van der Waals surface area contributed by atoms with Crippen molar-refractivity contribution in [2.45, 2.75) is 132 Å². The summed E-state index contributed by atoms with van der Waals surface area (Å²) in [7, 11) is 10.4. The molecule has 10 nitrogen and oxygen atoms in total. The fraction of sp³-hybridized carbons (Fsp3) is 0.238. The standard InChI is InChI=1S/C25H28N.C22H27N4.C21H23N2.C19H18N.C18H17N2/c1-19-8-6-7-11-24(19)25-18-23(16-17-26(25)2)22-14-12-21(13-15-22)20-9-4-3-5-10-20;1-14(2)20-23-21(15(3)4)25-22(24-20)17-11-12-26(6)19(13-17)18-10-8-7-9-16(18)5;1-15(2)18-9-10-20(22-14-18)17-11-12-23(4)21(13-17)19-8-6-5-7-16(19)3;1-15-14-17(16-8-4-3-5-9-16)11-12-18(15)19-10-6-7-13-20(19)2;1-14-7-3-4-8-16(14)18-13-15(10-12-20(18)2)17-9-5-6-11-19-17/h6-8,11-18,20H,3-5,9-10H2,1-2H3;7-15H,1-6H3;5-15H,1-4H3;3-14H,1-2H3;3-13H,1-2H3/q5*+1/i20D;;;;. The zero-order valence-electron chi connectivity index (χ0n) is 71.2. The Morgan fingerprint density at radius 3 is 1.15 bits per heavy atom. The summed E-state index contributed by atoms with van der Waals surface area (Å²) in [5.41, 5.74) is 31.5. The number of aromatic nitrogens is 10. The molecule has 0 spiro atoms. The van der Waals surface area contributed by atoms with Gasteiger partial charge in [-0.1, -0.05) is 212 Å². The summed E-state index contributed by atoms with van der Waals surface area (Å²) in [5.74, 6) is 3.12. The van der Waals surface area contributed by atoms with Gasteiger partial charge in [-0.2, -0.15) is 0 Å². The van der Waals surface area contributed by atoms with Crippen LogP contribution in [0.1, 0.15) is 149 Å². The predicted molar refractivity (Wildman–Crippen MR) is 473 cm³/mol. The average molecular weight is 1520 g/mol. The number of hydrogen-bond donors (Lipinski definition) is 0. The van der Waals surface area contributed by atoms with Crippen LogP contribution in [0.2, 0.25) is 0 Å². The Balaban J connectivity index is 0.000000134. The van der Waals surface area contributed by atoms with E-state index in [1.807, 2.05) is 30.6 Å². The molecule has 0 radical (unpaired) electrons. The van der Waals surface area contributed by atoms with Gasteiger partial charge in [0.1, 0.15) is 46.9 Å². The van der Waals surface area contributed by atoms with Crippen LogP contribution in [-0.2, 0) is 35.2 Å². The number of rotatable bonds is 14. The number of benzene rings is 7. The van der Waals surface area contributed by atoms with Crippen LogP contribution in [-0.4, -0.2) is 24.9 Å². The third kappa shape index (κ3) is 20.9. The van der Waals surface area contributed by atoms with Gasteiger partial charge in [-0.05, 0) is 175 Å². The van der Waals surface area contributed by atoms with Gasteiger partial charge in [-0.3, -0.25) is 9.97 Å². The van der Waals surface area contributed by atoms with Crippen LogP contribution >= 0.6 is 0 Å². The first-order chi connectivity index (χ1) is 56.0. The maximum atomic E-state index is 8.83. The van der Waals surface area contributed by atoms with Gasteiger partial charge in [0, 0.05) is 131 Å². The molecule has 1 aliphatic carbocycles. The van der Waals surface area contributed by atoms with Crippen molar-refractivity contribution in [2.24, 2.45) is 35.2 Å². The zero-order valence-corrected chi connectivity index (χ0v) is 70.2. The maximum Gasteiger partial charge on any atom is 0.213 e. The summed E-state index contributed by atoms with van der Waals surface area (Å²) in [5, 5.41) is 0. The molecule has 1 fully saturated rings. The minimum Gasteiger partial charge on any atom is -0.256 e. The molecule has 8 aromatic heterocycles. The van der Waals surface area contributed by atoms with Crippen molar-refractivity contribution in [1.82, 2.24) is 24.9 Å². The number of nitrogens with zero attached hydrogens (tertiary/aromatic N) is 10. The highest BCUT2D eigenvalue weighted by molar-refractivity contribution is 5.74. The van der Waals surface area contributed by atoms with E-state index in [4.69, 9.17) is 11.3 Å². The molecule has 1 saturated carbocycles. The first kappa shape index (κ1) is 80.6. The lowest BCUT2D eigenvalue weighted by atomic mass is 9.84. The second-order valence-electron chi connectivity index (χ2n) is 31.3. The highest BCUT2D eigenvalue weighted by Crippen LogP contribution is 2.36. The fourth-order valence-electron chi connectivity index (χ4n) is 14.7. The van der Waals surface area contributed by atoms with Gasteiger partial charge in [0.2, 0.25) is 28.5 Å². The van der Waals surface area contributed by atoms with E-state index in [1.54, 1.807) is 0 Å². The lowest BCUT2D eigenvalue weighted by molar-refractivity contribution is -0.660. The highest BCUT2D eigenvalue weighted by Gasteiger charge is 2.23. The zero-order chi connectivity index (χ0) is 82.0. The quantitative estimate of drug-likeness (QED) is 0.101. The highest BCUT2D eigenvalue weighted by atomic mass is 15.0. The van der Waals surface area contributed by atoms with Gasteiger partial charge >= 0.3 is 0 Å². The molecule has 1 aliphatic rings. The number of pyridine rings is 7. The van der Waals surface area contributed by atoms with Crippen LogP contribution in [0.4, 0.5) is 0 Å². The Morgan fingerprint density at radius 1 is 0.304 bits per heavy atom. The minimum absolute atomic E-state index is 0.268. The van der Waals surface area contributed by atoms with Crippen molar-refractivity contribution in [2.75, 3.05) is 0 Å². The van der Waals surface area contributed by atoms with Crippen molar-refractivity contribution in [3.63, 3.8) is 0 Å². The topological polar surface area (TPSA) is 83.8 Å². The first-order valence-electron chi connectivity index (χ1n) is 41.1. The van der Waals surface area contributed by atoms with Crippen LogP contribution < -0.4 is 22.8 Å². The molecule has 7 aromatic carbocycles. The van der Waals surface area contributed by atoms with Crippen LogP contribution in [0.5, 0.6) is 0 Å². The van der Waals surface area contributed by atoms with Crippen molar-refractivity contribution >= 4 is 0 Å². The Labute approximate surface area is 685 Å². The summed E-state index contributed by atoms with van der Waals surface area (Å²) in [6.07, 6.45) is 19.9. The van der Waals surface area contributed by atoms with Gasteiger partial charge in [-0.15, -0.1) is 0 Å². The predicted octanol–water partition coefficient (Wildman–Crippen LogP) is 23.2. The lowest BCUT2D eigenvalue weighted by Gasteiger charge is -2.22. The van der Waals surface area contributed by atoms with Crippen LogP contribution in [0, 0.1) is 34.6 Å². The Morgan fingerprint density at radius 2 is 0.704 bits per heavy atom. The van der Waals surface area contributed by atoms with Crippen molar-refractivity contribution in [1.29, 1.82) is 0 Å². The molecule has 0 saturated heterocycles. The molecule has 0 bridgehead atoms. The molecular formula is C105H113N10+5. The monoisotopic (exact) mass is 1510 g/mol. The van der Waals surface area contributed by atoms with E-state index in [2.05, 4.69) is 429 Å². The number of aryl methyl sites for hydroxylation is 10. The fourth-order valence-corrected chi connectivity index (χ4v) is 14.7. The lowest BCUT2D eigenvalue weighted by Crippen LogP contribution is -2.30. The molecule has 0 aliphatic heterocycles. The third-order valence-electron chi connectivity index (χ3n) is 21.7. The molecule has 578 valence electrons. The van der Waals surface area contributed by atoms with Gasteiger partial charge in [0.25, 0.3) is 0 Å². The van der Waals surface area contributed by atoms with Crippen LogP contribution in [0.25, 0.3) is 112 Å². The molecule has 16 rings (SSSR count). The molecule has 0 atom stereocenters. The van der Waals surface area contributed by atoms with Crippen molar-refractivity contribution in [3.8, 4) is 112 Å². The molecule has 8 heterocycles. The van der Waals surface area contributed by atoms with Crippen LogP contribution in [0.3, 0.4) is 0 Å². The molecule has 0 amide bonds. The summed E-state index contributed by atoms with van der Waals surface area (Å²) in [6, 6.07) is 93.7. The first-order valence-corrected chi connectivity index (χ1v) is 40.6. The Hall–Kier alpha value is -12.4. The van der Waals surface area contributed by atoms with E-state index in [1.165, 1.54) is 131 Å². The molecule has 15 aromatic rings. The summed E-state index contributed by atoms with van der Waals surface area (Å²) >= 11 is 0. The number of hydrogen-bond acceptors (Lipinski definition) is 5. The smallest absolute Gasteiger partial charge is 0.213 e. The maximum absolute atomic E-state index is 8.83. The second kappa shape index (κ2) is 38.9. The van der Waals surface area contributed by atoms with E-state index >= 15 is 0 Å². The molecule has 0 N–H and O–H groups in total. The van der Waals surface area contributed by atoms with Gasteiger partial charge in [-0.25, -0.2) is 37.8 Å². The largest absolute Gasteiger partial charge is 0.256 e.